The molecule has 1 aromatic heterocycles. The van der Waals surface area contributed by atoms with Crippen molar-refractivity contribution in [2.75, 3.05) is 7.11 Å². The van der Waals surface area contributed by atoms with E-state index in [1.807, 2.05) is 6.07 Å². The second-order valence-electron chi connectivity index (χ2n) is 6.45. The molecule has 1 heterocycles. The molecule has 2 N–H and O–H groups in total. The Morgan fingerprint density at radius 3 is 2.68 bits per heavy atom. The lowest BCUT2D eigenvalue weighted by atomic mass is 9.75. The number of ether oxygens (including phenoxy) is 1. The van der Waals surface area contributed by atoms with Gasteiger partial charge in [-0.2, -0.15) is 0 Å². The lowest BCUT2D eigenvalue weighted by molar-refractivity contribution is 0.0234. The Kier molecular flexibility index (Phi) is 4.99. The number of aliphatic hydroxyl groups excluding tert-OH is 1. The second kappa shape index (κ2) is 7.19. The standard InChI is InChI=1S/C19H21FN2O3/c1-11-3-5-15(16(20)7-11)19(24)22-18(13-8-14(23)9-13)12-4-6-17(25-2)21-10-12/h3-7,10,13-14,18,23H,8-9H2,1-2H3,(H,22,24)/t13?,14?,18-/m1/s1. The van der Waals surface area contributed by atoms with Gasteiger partial charge in [-0.15, -0.1) is 0 Å². The number of hydrogen-bond donors (Lipinski definition) is 2. The third-order valence-electron chi connectivity index (χ3n) is 4.60. The average Bonchev–Trinajstić information content (AvgIpc) is 2.57. The van der Waals surface area contributed by atoms with Gasteiger partial charge in [0.25, 0.3) is 5.91 Å². The molecule has 1 amide bonds. The van der Waals surface area contributed by atoms with E-state index in [-0.39, 0.29) is 23.6 Å². The zero-order valence-corrected chi connectivity index (χ0v) is 14.2. The van der Waals surface area contributed by atoms with Crippen LogP contribution in [0.2, 0.25) is 0 Å². The number of hydrogen-bond acceptors (Lipinski definition) is 4. The highest BCUT2D eigenvalue weighted by Gasteiger charge is 2.36. The third-order valence-corrected chi connectivity index (χ3v) is 4.60. The van der Waals surface area contributed by atoms with Gasteiger partial charge in [0.05, 0.1) is 24.8 Å². The van der Waals surface area contributed by atoms with Crippen LogP contribution in [-0.2, 0) is 0 Å². The fourth-order valence-electron chi connectivity index (χ4n) is 3.10. The molecular formula is C19H21FN2O3. The van der Waals surface area contributed by atoms with Crippen molar-refractivity contribution < 1.29 is 19.0 Å². The molecule has 0 spiro atoms. The Bertz CT molecular complexity index is 758. The molecular weight excluding hydrogens is 323 g/mol. The van der Waals surface area contributed by atoms with Crippen molar-refractivity contribution in [3.63, 3.8) is 0 Å². The van der Waals surface area contributed by atoms with E-state index in [1.54, 1.807) is 25.3 Å². The van der Waals surface area contributed by atoms with E-state index in [2.05, 4.69) is 10.3 Å². The average molecular weight is 344 g/mol. The fourth-order valence-corrected chi connectivity index (χ4v) is 3.10. The summed E-state index contributed by atoms with van der Waals surface area (Å²) in [7, 11) is 1.53. The number of amides is 1. The summed E-state index contributed by atoms with van der Waals surface area (Å²) in [5, 5.41) is 12.5. The van der Waals surface area contributed by atoms with Crippen LogP contribution < -0.4 is 10.1 Å². The molecule has 0 saturated heterocycles. The summed E-state index contributed by atoms with van der Waals surface area (Å²) in [4.78, 5) is 16.7. The maximum absolute atomic E-state index is 14.1. The van der Waals surface area contributed by atoms with Crippen LogP contribution in [0.4, 0.5) is 4.39 Å². The first-order valence-corrected chi connectivity index (χ1v) is 8.23. The summed E-state index contributed by atoms with van der Waals surface area (Å²) in [5.41, 5.74) is 1.57. The molecule has 5 nitrogen and oxygen atoms in total. The topological polar surface area (TPSA) is 71.5 Å². The minimum atomic E-state index is -0.544. The van der Waals surface area contributed by atoms with Gasteiger partial charge in [0, 0.05) is 12.3 Å². The van der Waals surface area contributed by atoms with Crippen molar-refractivity contribution in [2.24, 2.45) is 5.92 Å². The first-order valence-electron chi connectivity index (χ1n) is 8.23. The number of halogens is 1. The molecule has 132 valence electrons. The Labute approximate surface area is 145 Å². The minimum Gasteiger partial charge on any atom is -0.481 e. The first-order chi connectivity index (χ1) is 12.0. The third kappa shape index (κ3) is 3.79. The van der Waals surface area contributed by atoms with Crippen LogP contribution in [0.1, 0.15) is 40.4 Å². The number of benzene rings is 1. The van der Waals surface area contributed by atoms with E-state index in [9.17, 15) is 14.3 Å². The van der Waals surface area contributed by atoms with Gasteiger partial charge in [0.1, 0.15) is 5.82 Å². The molecule has 6 heteroatoms. The van der Waals surface area contributed by atoms with E-state index in [4.69, 9.17) is 4.74 Å². The van der Waals surface area contributed by atoms with Gasteiger partial charge in [-0.3, -0.25) is 4.79 Å². The number of aryl methyl sites for hydroxylation is 1. The summed E-state index contributed by atoms with van der Waals surface area (Å²) < 4.78 is 19.1. The number of rotatable bonds is 5. The molecule has 0 bridgehead atoms. The van der Waals surface area contributed by atoms with Crippen LogP contribution in [0, 0.1) is 18.7 Å². The van der Waals surface area contributed by atoms with Gasteiger partial charge in [-0.25, -0.2) is 9.37 Å². The Morgan fingerprint density at radius 2 is 2.12 bits per heavy atom. The predicted molar refractivity (Wildman–Crippen MR) is 90.9 cm³/mol. The molecule has 1 fully saturated rings. The Balaban J connectivity index is 1.83. The van der Waals surface area contributed by atoms with Crippen molar-refractivity contribution in [3.05, 3.63) is 59.0 Å². The number of nitrogens with zero attached hydrogens (tertiary/aromatic N) is 1. The van der Waals surface area contributed by atoms with Crippen LogP contribution in [-0.4, -0.2) is 29.2 Å². The molecule has 2 aromatic rings. The van der Waals surface area contributed by atoms with E-state index in [1.165, 1.54) is 19.2 Å². The van der Waals surface area contributed by atoms with Gasteiger partial charge in [-0.05, 0) is 48.9 Å². The highest BCUT2D eigenvalue weighted by Crippen LogP contribution is 2.38. The predicted octanol–water partition coefficient (Wildman–Crippen LogP) is 2.78. The number of aromatic nitrogens is 1. The van der Waals surface area contributed by atoms with Crippen LogP contribution in [0.15, 0.2) is 36.5 Å². The first kappa shape index (κ1) is 17.4. The van der Waals surface area contributed by atoms with E-state index in [0.29, 0.717) is 18.7 Å². The van der Waals surface area contributed by atoms with Crippen molar-refractivity contribution in [2.45, 2.75) is 31.9 Å². The van der Waals surface area contributed by atoms with Gasteiger partial charge < -0.3 is 15.2 Å². The number of nitrogens with one attached hydrogen (secondary N) is 1. The second-order valence-corrected chi connectivity index (χ2v) is 6.45. The monoisotopic (exact) mass is 344 g/mol. The van der Waals surface area contributed by atoms with Crippen LogP contribution in [0.3, 0.4) is 0 Å². The molecule has 1 aliphatic rings. The molecule has 3 rings (SSSR count). The van der Waals surface area contributed by atoms with Crippen molar-refractivity contribution in [1.82, 2.24) is 10.3 Å². The largest absolute Gasteiger partial charge is 0.481 e. The van der Waals surface area contributed by atoms with E-state index >= 15 is 0 Å². The van der Waals surface area contributed by atoms with E-state index in [0.717, 1.165) is 11.1 Å². The Morgan fingerprint density at radius 1 is 1.36 bits per heavy atom. The number of carbonyl (C=O) groups excluding carboxylic acids is 1. The van der Waals surface area contributed by atoms with Gasteiger partial charge in [0.2, 0.25) is 5.88 Å². The quantitative estimate of drug-likeness (QED) is 0.875. The van der Waals surface area contributed by atoms with Crippen molar-refractivity contribution in [3.8, 4) is 5.88 Å². The van der Waals surface area contributed by atoms with Crippen LogP contribution in [0.25, 0.3) is 0 Å². The maximum atomic E-state index is 14.1. The highest BCUT2D eigenvalue weighted by molar-refractivity contribution is 5.94. The van der Waals surface area contributed by atoms with Gasteiger partial charge in [-0.1, -0.05) is 12.1 Å². The number of pyridine rings is 1. The van der Waals surface area contributed by atoms with Crippen molar-refractivity contribution >= 4 is 5.91 Å². The smallest absolute Gasteiger partial charge is 0.254 e. The van der Waals surface area contributed by atoms with Crippen LogP contribution >= 0.6 is 0 Å². The van der Waals surface area contributed by atoms with Gasteiger partial charge >= 0.3 is 0 Å². The zero-order valence-electron chi connectivity index (χ0n) is 14.2. The molecule has 1 aromatic carbocycles. The lowest BCUT2D eigenvalue weighted by Crippen LogP contribution is -2.41. The summed E-state index contributed by atoms with van der Waals surface area (Å²) in [6.07, 6.45) is 2.47. The number of carbonyl (C=O) groups is 1. The number of aliphatic hydroxyl groups is 1. The molecule has 0 aliphatic heterocycles. The fraction of sp³-hybridized carbons (Fsp3) is 0.368. The van der Waals surface area contributed by atoms with Gasteiger partial charge in [0.15, 0.2) is 0 Å². The lowest BCUT2D eigenvalue weighted by Gasteiger charge is -2.38. The molecule has 1 aliphatic carbocycles. The van der Waals surface area contributed by atoms with Crippen molar-refractivity contribution in [1.29, 1.82) is 0 Å². The molecule has 1 atom stereocenters. The SMILES string of the molecule is COc1ccc([C@@H](NC(=O)c2ccc(C)cc2F)C2CC(O)C2)cn1. The summed E-state index contributed by atoms with van der Waals surface area (Å²) in [6, 6.07) is 7.73. The highest BCUT2D eigenvalue weighted by atomic mass is 19.1. The van der Waals surface area contributed by atoms with E-state index < -0.39 is 11.7 Å². The number of methoxy groups -OCH3 is 1. The molecule has 1 saturated carbocycles. The zero-order chi connectivity index (χ0) is 18.0. The van der Waals surface area contributed by atoms with Crippen LogP contribution in [0.5, 0.6) is 5.88 Å². The summed E-state index contributed by atoms with van der Waals surface area (Å²) in [6.45, 7) is 1.77. The Hall–Kier alpha value is -2.47. The molecule has 25 heavy (non-hydrogen) atoms. The minimum absolute atomic E-state index is 0.0111. The summed E-state index contributed by atoms with van der Waals surface area (Å²) >= 11 is 0. The normalized spacial score (nSPS) is 20.5. The summed E-state index contributed by atoms with van der Waals surface area (Å²) in [5.74, 6) is -0.452. The molecule has 0 unspecified atom stereocenters. The molecule has 0 radical (unpaired) electrons. The maximum Gasteiger partial charge on any atom is 0.254 e.